The minimum absolute atomic E-state index is 0.0848. The number of ether oxygens (including phenoxy) is 1. The van der Waals surface area contributed by atoms with Crippen molar-refractivity contribution in [2.75, 3.05) is 7.11 Å². The van der Waals surface area contributed by atoms with Crippen molar-refractivity contribution in [3.63, 3.8) is 0 Å². The van der Waals surface area contributed by atoms with Crippen LogP contribution in [0.15, 0.2) is 66.7 Å². The fourth-order valence-electron chi connectivity index (χ4n) is 4.13. The number of hydrogen-bond acceptors (Lipinski definition) is 3. The number of imidazole rings is 1. The molecule has 176 valence electrons. The highest BCUT2D eigenvalue weighted by molar-refractivity contribution is 6.31. The summed E-state index contributed by atoms with van der Waals surface area (Å²) in [5, 5.41) is 11.8. The minimum Gasteiger partial charge on any atom is -0.504 e. The molecule has 1 aromatic heterocycles. The molecule has 0 amide bonds. The third-order valence-electron chi connectivity index (χ3n) is 5.88. The van der Waals surface area contributed by atoms with Crippen molar-refractivity contribution >= 4 is 23.2 Å². The van der Waals surface area contributed by atoms with Gasteiger partial charge in [-0.3, -0.25) is 0 Å². The smallest absolute Gasteiger partial charge is 0.160 e. The van der Waals surface area contributed by atoms with Crippen LogP contribution in [0.4, 0.5) is 0 Å². The van der Waals surface area contributed by atoms with Crippen LogP contribution in [0.3, 0.4) is 0 Å². The summed E-state index contributed by atoms with van der Waals surface area (Å²) in [5.41, 5.74) is 4.70. The van der Waals surface area contributed by atoms with Gasteiger partial charge in [-0.2, -0.15) is 0 Å². The van der Waals surface area contributed by atoms with Gasteiger partial charge in [-0.25, -0.2) is 4.98 Å². The van der Waals surface area contributed by atoms with E-state index in [1.165, 1.54) is 12.8 Å². The first kappa shape index (κ1) is 24.2. The Balaban J connectivity index is 1.93. The molecule has 6 heteroatoms. The molecule has 0 aliphatic carbocycles. The molecular weight excluding hydrogens is 467 g/mol. The summed E-state index contributed by atoms with van der Waals surface area (Å²) in [6, 6.07) is 21.0. The van der Waals surface area contributed by atoms with Crippen LogP contribution in [0.1, 0.15) is 32.6 Å². The SMILES string of the molecule is CCCCCCn1c(-c2ccc(OC)c(O)c2)nc(-c2ccc(Cl)cc2)c1-c1ccc(Cl)cc1. The Bertz CT molecular complexity index is 1250. The number of unbranched alkanes of at least 4 members (excludes halogenated alkanes) is 3. The molecule has 0 fully saturated rings. The molecular formula is C28H28Cl2N2O2. The predicted molar refractivity (Wildman–Crippen MR) is 141 cm³/mol. The van der Waals surface area contributed by atoms with Gasteiger partial charge >= 0.3 is 0 Å². The molecule has 34 heavy (non-hydrogen) atoms. The number of aromatic nitrogens is 2. The van der Waals surface area contributed by atoms with Crippen molar-refractivity contribution in [2.24, 2.45) is 0 Å². The number of aromatic hydroxyl groups is 1. The molecule has 0 saturated heterocycles. The zero-order valence-electron chi connectivity index (χ0n) is 19.4. The third kappa shape index (κ3) is 5.24. The van der Waals surface area contributed by atoms with Gasteiger partial charge in [0.1, 0.15) is 5.82 Å². The minimum atomic E-state index is 0.0848. The lowest BCUT2D eigenvalue weighted by Crippen LogP contribution is -2.03. The van der Waals surface area contributed by atoms with Gasteiger partial charge in [0.05, 0.1) is 18.5 Å². The van der Waals surface area contributed by atoms with Gasteiger partial charge in [-0.15, -0.1) is 0 Å². The normalized spacial score (nSPS) is 11.1. The second kappa shape index (κ2) is 11.0. The van der Waals surface area contributed by atoms with Gasteiger partial charge in [-0.05, 0) is 48.9 Å². The molecule has 0 aliphatic rings. The van der Waals surface area contributed by atoms with E-state index in [4.69, 9.17) is 32.9 Å². The summed E-state index contributed by atoms with van der Waals surface area (Å²) in [6.45, 7) is 3.02. The Labute approximate surface area is 210 Å². The number of nitrogens with zero attached hydrogens (tertiary/aromatic N) is 2. The molecule has 4 nitrogen and oxygen atoms in total. The number of phenols is 1. The van der Waals surface area contributed by atoms with Crippen LogP contribution in [-0.4, -0.2) is 21.8 Å². The van der Waals surface area contributed by atoms with E-state index in [1.807, 2.05) is 54.6 Å². The molecule has 0 atom stereocenters. The van der Waals surface area contributed by atoms with Crippen LogP contribution in [0, 0.1) is 0 Å². The molecule has 0 saturated carbocycles. The highest BCUT2D eigenvalue weighted by Crippen LogP contribution is 2.39. The van der Waals surface area contributed by atoms with E-state index >= 15 is 0 Å². The van der Waals surface area contributed by atoms with Crippen molar-refractivity contribution in [3.05, 3.63) is 76.8 Å². The Kier molecular flexibility index (Phi) is 7.81. The molecule has 1 heterocycles. The maximum absolute atomic E-state index is 10.5. The van der Waals surface area contributed by atoms with Gasteiger partial charge in [0.15, 0.2) is 11.5 Å². The zero-order valence-corrected chi connectivity index (χ0v) is 20.9. The zero-order chi connectivity index (χ0) is 24.1. The lowest BCUT2D eigenvalue weighted by atomic mass is 10.0. The quantitative estimate of drug-likeness (QED) is 0.237. The molecule has 4 aromatic rings. The van der Waals surface area contributed by atoms with Gasteiger partial charge in [0, 0.05) is 33.3 Å². The summed E-state index contributed by atoms with van der Waals surface area (Å²) < 4.78 is 7.50. The first-order valence-corrected chi connectivity index (χ1v) is 12.3. The topological polar surface area (TPSA) is 47.3 Å². The number of phenolic OH excluding ortho intramolecular Hbond substituents is 1. The van der Waals surface area contributed by atoms with E-state index in [2.05, 4.69) is 11.5 Å². The second-order valence-electron chi connectivity index (χ2n) is 8.25. The molecule has 0 radical (unpaired) electrons. The fourth-order valence-corrected chi connectivity index (χ4v) is 4.38. The van der Waals surface area contributed by atoms with E-state index in [9.17, 15) is 5.11 Å². The molecule has 1 N–H and O–H groups in total. The Hall–Kier alpha value is -2.95. The van der Waals surface area contributed by atoms with Crippen molar-refractivity contribution in [3.8, 4) is 45.4 Å². The molecule has 4 rings (SSSR count). The molecule has 3 aromatic carbocycles. The molecule has 0 spiro atoms. The van der Waals surface area contributed by atoms with Gasteiger partial charge in [0.25, 0.3) is 0 Å². The molecule has 0 unspecified atom stereocenters. The Morgan fingerprint density at radius 3 is 2.03 bits per heavy atom. The maximum Gasteiger partial charge on any atom is 0.160 e. The maximum atomic E-state index is 10.5. The summed E-state index contributed by atoms with van der Waals surface area (Å²) in [4.78, 5) is 5.11. The van der Waals surface area contributed by atoms with Crippen LogP contribution in [0.5, 0.6) is 11.5 Å². The average molecular weight is 495 g/mol. The lowest BCUT2D eigenvalue weighted by molar-refractivity contribution is 0.373. The highest BCUT2D eigenvalue weighted by Gasteiger charge is 2.22. The second-order valence-corrected chi connectivity index (χ2v) is 9.12. The van der Waals surface area contributed by atoms with E-state index in [0.29, 0.717) is 15.8 Å². The largest absolute Gasteiger partial charge is 0.504 e. The monoisotopic (exact) mass is 494 g/mol. The first-order valence-electron chi connectivity index (χ1n) is 11.5. The highest BCUT2D eigenvalue weighted by atomic mass is 35.5. The average Bonchev–Trinajstić information content (AvgIpc) is 3.22. The third-order valence-corrected chi connectivity index (χ3v) is 6.38. The van der Waals surface area contributed by atoms with Crippen LogP contribution in [0.25, 0.3) is 33.9 Å². The van der Waals surface area contributed by atoms with E-state index in [-0.39, 0.29) is 5.75 Å². The fraction of sp³-hybridized carbons (Fsp3) is 0.250. The molecule has 0 aliphatic heterocycles. The van der Waals surface area contributed by atoms with Crippen LogP contribution < -0.4 is 4.74 Å². The van der Waals surface area contributed by atoms with E-state index in [1.54, 1.807) is 19.2 Å². The van der Waals surface area contributed by atoms with E-state index in [0.717, 1.165) is 53.3 Å². The molecule has 0 bridgehead atoms. The van der Waals surface area contributed by atoms with Crippen molar-refractivity contribution in [1.29, 1.82) is 0 Å². The van der Waals surface area contributed by atoms with Gasteiger partial charge < -0.3 is 14.4 Å². The van der Waals surface area contributed by atoms with Crippen LogP contribution >= 0.6 is 23.2 Å². The number of hydrogen-bond donors (Lipinski definition) is 1. The number of methoxy groups -OCH3 is 1. The van der Waals surface area contributed by atoms with Crippen molar-refractivity contribution < 1.29 is 9.84 Å². The number of halogens is 2. The Morgan fingerprint density at radius 1 is 0.824 bits per heavy atom. The summed E-state index contributed by atoms with van der Waals surface area (Å²) >= 11 is 12.4. The lowest BCUT2D eigenvalue weighted by Gasteiger charge is -2.14. The Morgan fingerprint density at radius 2 is 1.44 bits per heavy atom. The standard InChI is InChI=1S/C28H28Cl2N2O2/c1-3-4-5-6-17-32-27(20-9-14-23(30)15-10-20)26(19-7-12-22(29)13-8-19)31-28(32)21-11-16-25(34-2)24(33)18-21/h7-16,18,33H,3-6,17H2,1-2H3. The predicted octanol–water partition coefficient (Wildman–Crippen LogP) is 8.49. The van der Waals surface area contributed by atoms with Crippen LogP contribution in [0.2, 0.25) is 10.0 Å². The summed E-state index contributed by atoms with van der Waals surface area (Å²) in [7, 11) is 1.54. The van der Waals surface area contributed by atoms with Gasteiger partial charge in [-0.1, -0.05) is 73.7 Å². The van der Waals surface area contributed by atoms with Crippen molar-refractivity contribution in [2.45, 2.75) is 39.2 Å². The number of rotatable bonds is 9. The summed E-state index contributed by atoms with van der Waals surface area (Å²) in [6.07, 6.45) is 4.52. The van der Waals surface area contributed by atoms with Gasteiger partial charge in [0.2, 0.25) is 0 Å². The number of benzene rings is 3. The first-order chi connectivity index (χ1) is 16.5. The van der Waals surface area contributed by atoms with Crippen molar-refractivity contribution in [1.82, 2.24) is 9.55 Å². The van der Waals surface area contributed by atoms with Crippen LogP contribution in [-0.2, 0) is 6.54 Å². The summed E-state index contributed by atoms with van der Waals surface area (Å²) in [5.74, 6) is 1.31. The van der Waals surface area contributed by atoms with E-state index < -0.39 is 0 Å².